The Kier molecular flexibility index (Phi) is 5.61. The van der Waals surface area contributed by atoms with Gasteiger partial charge in [-0.3, -0.25) is 4.79 Å². The van der Waals surface area contributed by atoms with Crippen molar-refractivity contribution in [3.63, 3.8) is 0 Å². The van der Waals surface area contributed by atoms with Crippen molar-refractivity contribution in [2.75, 3.05) is 0 Å². The molecule has 17 heavy (non-hydrogen) atoms. The fraction of sp³-hybridized carbons (Fsp3) is 0.467. The second kappa shape index (κ2) is 7.00. The predicted molar refractivity (Wildman–Crippen MR) is 71.7 cm³/mol. The van der Waals surface area contributed by atoms with Crippen LogP contribution in [0, 0.1) is 11.3 Å². The van der Waals surface area contributed by atoms with Crippen molar-refractivity contribution in [1.82, 2.24) is 0 Å². The molecule has 0 aliphatic rings. The first kappa shape index (κ1) is 13.6. The number of benzene rings is 1. The van der Waals surface area contributed by atoms with Gasteiger partial charge in [-0.25, -0.2) is 0 Å². The van der Waals surface area contributed by atoms with Gasteiger partial charge >= 0.3 is 0 Å². The Morgan fingerprint density at radius 3 is 2.35 bits per heavy atom. The molecule has 0 aromatic heterocycles. The number of ketones is 1. The Hall–Kier alpha value is -1.44. The van der Waals surface area contributed by atoms with Crippen LogP contribution in [0.5, 0.6) is 0 Å². The van der Waals surface area contributed by atoms with Gasteiger partial charge in [-0.15, -0.1) is 0 Å². The molecule has 0 saturated heterocycles. The highest BCUT2D eigenvalue weighted by Crippen LogP contribution is 2.31. The maximum Gasteiger partial charge on any atom is 0.141 e. The zero-order valence-corrected chi connectivity index (χ0v) is 10.6. The summed E-state index contributed by atoms with van der Waals surface area (Å²) in [5.74, 6) is 0.524. The van der Waals surface area contributed by atoms with Crippen molar-refractivity contribution in [3.05, 3.63) is 35.9 Å². The molecule has 0 radical (unpaired) electrons. The lowest BCUT2D eigenvalue weighted by molar-refractivity contribution is -0.122. The van der Waals surface area contributed by atoms with E-state index in [4.69, 9.17) is 5.41 Å². The Morgan fingerprint density at radius 1 is 1.24 bits per heavy atom. The maximum atomic E-state index is 12.0. The third-order valence-electron chi connectivity index (χ3n) is 3.31. The Labute approximate surface area is 104 Å². The fourth-order valence-corrected chi connectivity index (χ4v) is 2.44. The van der Waals surface area contributed by atoms with Gasteiger partial charge in [-0.1, -0.05) is 44.2 Å². The van der Waals surface area contributed by atoms with Crippen LogP contribution in [-0.2, 0) is 4.79 Å². The van der Waals surface area contributed by atoms with Crippen LogP contribution in [0.15, 0.2) is 30.3 Å². The molecule has 0 aliphatic carbocycles. The summed E-state index contributed by atoms with van der Waals surface area (Å²) in [6, 6.07) is 10.2. The molecule has 0 aliphatic heterocycles. The standard InChI is InChI=1S/C15H21NO/c1-3-13(12-8-6-5-7-9-12)14(4-2)15(17)10-11-16/h5-9,11,13-14,16H,3-4,10H2,1-2H3. The van der Waals surface area contributed by atoms with Crippen LogP contribution in [0.1, 0.15) is 44.6 Å². The van der Waals surface area contributed by atoms with E-state index in [0.717, 1.165) is 12.8 Å². The number of carbonyl (C=O) groups is 1. The molecule has 1 aromatic carbocycles. The summed E-state index contributed by atoms with van der Waals surface area (Å²) in [7, 11) is 0. The average Bonchev–Trinajstić information content (AvgIpc) is 2.37. The zero-order chi connectivity index (χ0) is 12.7. The summed E-state index contributed by atoms with van der Waals surface area (Å²) in [4.78, 5) is 12.0. The molecule has 0 fully saturated rings. The SMILES string of the molecule is CCC(C(=O)CC=N)C(CC)c1ccccc1. The molecule has 2 nitrogen and oxygen atoms in total. The maximum absolute atomic E-state index is 12.0. The van der Waals surface area contributed by atoms with E-state index in [9.17, 15) is 4.79 Å². The third-order valence-corrected chi connectivity index (χ3v) is 3.31. The van der Waals surface area contributed by atoms with Gasteiger partial charge in [0.05, 0.1) is 0 Å². The number of rotatable bonds is 7. The smallest absolute Gasteiger partial charge is 0.141 e. The zero-order valence-electron chi connectivity index (χ0n) is 10.6. The quantitative estimate of drug-likeness (QED) is 0.712. The number of hydrogen-bond acceptors (Lipinski definition) is 2. The molecule has 0 heterocycles. The molecule has 2 unspecified atom stereocenters. The van der Waals surface area contributed by atoms with Gasteiger partial charge in [-0.05, 0) is 24.3 Å². The van der Waals surface area contributed by atoms with Gasteiger partial charge < -0.3 is 5.41 Å². The molecule has 0 amide bonds. The summed E-state index contributed by atoms with van der Waals surface area (Å²) in [5.41, 5.74) is 1.24. The Morgan fingerprint density at radius 2 is 1.88 bits per heavy atom. The van der Waals surface area contributed by atoms with Gasteiger partial charge in [0, 0.05) is 18.6 Å². The fourth-order valence-electron chi connectivity index (χ4n) is 2.44. The monoisotopic (exact) mass is 231 g/mol. The van der Waals surface area contributed by atoms with Crippen molar-refractivity contribution >= 4 is 12.0 Å². The summed E-state index contributed by atoms with van der Waals surface area (Å²) in [5, 5.41) is 7.06. The van der Waals surface area contributed by atoms with Gasteiger partial charge in [0.25, 0.3) is 0 Å². The first-order chi connectivity index (χ1) is 8.24. The summed E-state index contributed by atoms with van der Waals surface area (Å²) >= 11 is 0. The topological polar surface area (TPSA) is 40.9 Å². The average molecular weight is 231 g/mol. The van der Waals surface area contributed by atoms with E-state index in [0.29, 0.717) is 0 Å². The van der Waals surface area contributed by atoms with E-state index in [1.165, 1.54) is 11.8 Å². The second-order valence-electron chi connectivity index (χ2n) is 4.31. The van der Waals surface area contributed by atoms with Crippen molar-refractivity contribution in [1.29, 1.82) is 5.41 Å². The summed E-state index contributed by atoms with van der Waals surface area (Å²) in [6.07, 6.45) is 3.29. The molecule has 92 valence electrons. The number of hydrogen-bond donors (Lipinski definition) is 1. The Balaban J connectivity index is 2.91. The second-order valence-corrected chi connectivity index (χ2v) is 4.31. The molecule has 1 aromatic rings. The first-order valence-electron chi connectivity index (χ1n) is 6.31. The molecule has 0 bridgehead atoms. The van der Waals surface area contributed by atoms with E-state index >= 15 is 0 Å². The highest BCUT2D eigenvalue weighted by atomic mass is 16.1. The number of nitrogens with one attached hydrogen (secondary N) is 1. The molecule has 2 atom stereocenters. The predicted octanol–water partition coefficient (Wildman–Crippen LogP) is 3.82. The molecule has 2 heteroatoms. The van der Waals surface area contributed by atoms with Crippen LogP contribution in [0.2, 0.25) is 0 Å². The van der Waals surface area contributed by atoms with Crippen LogP contribution in [0.4, 0.5) is 0 Å². The van der Waals surface area contributed by atoms with Crippen molar-refractivity contribution in [3.8, 4) is 0 Å². The van der Waals surface area contributed by atoms with E-state index in [-0.39, 0.29) is 24.0 Å². The minimum absolute atomic E-state index is 0.0454. The van der Waals surface area contributed by atoms with E-state index in [1.54, 1.807) is 0 Å². The lowest BCUT2D eigenvalue weighted by atomic mass is 9.79. The van der Waals surface area contributed by atoms with Crippen LogP contribution >= 0.6 is 0 Å². The minimum Gasteiger partial charge on any atom is -0.313 e. The number of carbonyl (C=O) groups excluding carboxylic acids is 1. The third kappa shape index (κ3) is 3.52. The molecule has 0 saturated carbocycles. The highest BCUT2D eigenvalue weighted by molar-refractivity contribution is 5.92. The van der Waals surface area contributed by atoms with E-state index in [2.05, 4.69) is 26.0 Å². The van der Waals surface area contributed by atoms with Crippen LogP contribution in [0.3, 0.4) is 0 Å². The summed E-state index contributed by atoms with van der Waals surface area (Å²) < 4.78 is 0. The van der Waals surface area contributed by atoms with Crippen LogP contribution in [0.25, 0.3) is 0 Å². The van der Waals surface area contributed by atoms with E-state index < -0.39 is 0 Å². The summed E-state index contributed by atoms with van der Waals surface area (Å²) in [6.45, 7) is 4.18. The van der Waals surface area contributed by atoms with Crippen molar-refractivity contribution < 1.29 is 4.79 Å². The first-order valence-corrected chi connectivity index (χ1v) is 6.31. The van der Waals surface area contributed by atoms with Crippen LogP contribution in [-0.4, -0.2) is 12.0 Å². The lowest BCUT2D eigenvalue weighted by Crippen LogP contribution is -2.21. The van der Waals surface area contributed by atoms with Gasteiger partial charge in [0.1, 0.15) is 5.78 Å². The highest BCUT2D eigenvalue weighted by Gasteiger charge is 2.25. The van der Waals surface area contributed by atoms with Crippen LogP contribution < -0.4 is 0 Å². The number of Topliss-reactive ketones (excluding diaryl/α,β-unsaturated/α-hetero) is 1. The molecule has 1 N–H and O–H groups in total. The van der Waals surface area contributed by atoms with Gasteiger partial charge in [0.2, 0.25) is 0 Å². The molecular formula is C15H21NO. The minimum atomic E-state index is 0.0454. The largest absolute Gasteiger partial charge is 0.313 e. The van der Waals surface area contributed by atoms with Crippen molar-refractivity contribution in [2.24, 2.45) is 5.92 Å². The van der Waals surface area contributed by atoms with E-state index in [1.807, 2.05) is 18.2 Å². The van der Waals surface area contributed by atoms with Gasteiger partial charge in [0.15, 0.2) is 0 Å². The molecule has 0 spiro atoms. The van der Waals surface area contributed by atoms with Gasteiger partial charge in [-0.2, -0.15) is 0 Å². The lowest BCUT2D eigenvalue weighted by Gasteiger charge is -2.24. The van der Waals surface area contributed by atoms with Crippen molar-refractivity contribution in [2.45, 2.75) is 39.0 Å². The molecular weight excluding hydrogens is 210 g/mol. The normalized spacial score (nSPS) is 14.0. The molecule has 1 rings (SSSR count). The Bertz CT molecular complexity index is 358.